The van der Waals surface area contributed by atoms with E-state index in [0.717, 1.165) is 39.2 Å². The largest absolute Gasteiger partial charge is 0.273 e. The van der Waals surface area contributed by atoms with Crippen LogP contribution in [0.2, 0.25) is 0 Å². The monoisotopic (exact) mass is 725 g/mol. The molecule has 3 nitrogen and oxygen atoms in total. The van der Waals surface area contributed by atoms with Gasteiger partial charge in [0.1, 0.15) is 0 Å². The molecule has 0 spiro atoms. The van der Waals surface area contributed by atoms with E-state index in [4.69, 9.17) is 9.97 Å². The molecular formula is C51H39N3S. The van der Waals surface area contributed by atoms with Gasteiger partial charge in [0, 0.05) is 32.5 Å². The zero-order valence-electron chi connectivity index (χ0n) is 31.1. The summed E-state index contributed by atoms with van der Waals surface area (Å²) < 4.78 is 0. The number of hydrogen-bond acceptors (Lipinski definition) is 4. The Balaban J connectivity index is 1.31. The Labute approximate surface area is 327 Å². The summed E-state index contributed by atoms with van der Waals surface area (Å²) in [6, 6.07) is 50.4. The molecule has 0 bridgehead atoms. The lowest BCUT2D eigenvalue weighted by molar-refractivity contribution is 0.659. The topological polar surface area (TPSA) is 38.1 Å². The average Bonchev–Trinajstić information content (AvgIpc) is 3.44. The molecule has 0 N–H and O–H groups in total. The second-order valence-corrected chi connectivity index (χ2v) is 15.7. The van der Waals surface area contributed by atoms with E-state index in [1.165, 1.54) is 54.3 Å². The number of fused-ring (bicyclic) bond motifs is 9. The number of rotatable bonds is 5. The van der Waals surface area contributed by atoms with Crippen molar-refractivity contribution in [3.05, 3.63) is 186 Å². The predicted octanol–water partition coefficient (Wildman–Crippen LogP) is 13.7. The van der Waals surface area contributed by atoms with Crippen molar-refractivity contribution < 1.29 is 0 Å². The minimum atomic E-state index is -0.127. The van der Waals surface area contributed by atoms with Gasteiger partial charge in [0.2, 0.25) is 0 Å². The molecule has 55 heavy (non-hydrogen) atoms. The zero-order chi connectivity index (χ0) is 37.5. The summed E-state index contributed by atoms with van der Waals surface area (Å²) in [7, 11) is 0. The second kappa shape index (κ2) is 14.1. The lowest BCUT2D eigenvalue weighted by Gasteiger charge is -2.23. The van der Waals surface area contributed by atoms with Crippen LogP contribution in [0.15, 0.2) is 173 Å². The maximum Gasteiger partial charge on any atom is 0.160 e. The second-order valence-electron chi connectivity index (χ2n) is 14.6. The van der Waals surface area contributed by atoms with E-state index in [9.17, 15) is 0 Å². The SMILES string of the molecule is C=N/C=C\C=C(/C)c1cc(-c2ccc3c(c2)-c2cc4c(cc2Sc2ccccc2-c2ccccc2C=C3)C(C)(C)c2ccccc2-4)nc(-c2ccccc2)n1. The maximum atomic E-state index is 5.21. The van der Waals surface area contributed by atoms with Crippen molar-refractivity contribution in [1.29, 1.82) is 0 Å². The van der Waals surface area contributed by atoms with E-state index in [-0.39, 0.29) is 5.41 Å². The summed E-state index contributed by atoms with van der Waals surface area (Å²) in [5.41, 5.74) is 17.1. The van der Waals surface area contributed by atoms with Crippen LogP contribution < -0.4 is 0 Å². The summed E-state index contributed by atoms with van der Waals surface area (Å²) in [6.07, 6.45) is 10.1. The molecule has 0 saturated carbocycles. The quantitative estimate of drug-likeness (QED) is 0.131. The first kappa shape index (κ1) is 34.4. The third-order valence-electron chi connectivity index (χ3n) is 10.8. The van der Waals surface area contributed by atoms with Crippen LogP contribution in [0.4, 0.5) is 0 Å². The standard InChI is InChI=1S/C51H39N3S/c1-33(15-14-28-52-4)46-32-47(54-50(53-46)36-17-6-5-7-18-36)37-27-26-35-25-24-34-16-8-9-19-38(34)40-21-11-13-23-48(40)55-49-31-45-42(30-43(49)41(35)29-37)39-20-10-12-22-44(39)51(45,2)3/h5-32H,4H2,1-3H3/b25-24?,28-14-,33-15+. The van der Waals surface area contributed by atoms with E-state index in [0.29, 0.717) is 5.82 Å². The van der Waals surface area contributed by atoms with Gasteiger partial charge in [-0.1, -0.05) is 153 Å². The lowest BCUT2D eigenvalue weighted by Crippen LogP contribution is -2.15. The molecule has 0 amide bonds. The Morgan fingerprint density at radius 2 is 1.31 bits per heavy atom. The fourth-order valence-corrected chi connectivity index (χ4v) is 9.05. The van der Waals surface area contributed by atoms with Gasteiger partial charge in [-0.2, -0.15) is 0 Å². The van der Waals surface area contributed by atoms with Crippen molar-refractivity contribution in [1.82, 2.24) is 9.97 Å². The van der Waals surface area contributed by atoms with Crippen molar-refractivity contribution >= 4 is 36.2 Å². The van der Waals surface area contributed by atoms with Crippen LogP contribution in [-0.4, -0.2) is 16.7 Å². The van der Waals surface area contributed by atoms with Crippen LogP contribution in [0, 0.1) is 0 Å². The first-order valence-corrected chi connectivity index (χ1v) is 19.4. The molecule has 2 heterocycles. The molecule has 0 saturated heterocycles. The van der Waals surface area contributed by atoms with Gasteiger partial charge in [-0.3, -0.25) is 4.99 Å². The van der Waals surface area contributed by atoms with Gasteiger partial charge in [0.05, 0.1) is 11.4 Å². The summed E-state index contributed by atoms with van der Waals surface area (Å²) in [5.74, 6) is 0.684. The third kappa shape index (κ3) is 6.29. The summed E-state index contributed by atoms with van der Waals surface area (Å²) in [6.45, 7) is 10.4. The van der Waals surface area contributed by atoms with E-state index in [1.54, 1.807) is 6.20 Å². The molecule has 9 rings (SSSR count). The molecule has 1 aliphatic heterocycles. The van der Waals surface area contributed by atoms with Crippen molar-refractivity contribution in [3.8, 4) is 56.0 Å². The number of aromatic nitrogens is 2. The molecule has 1 aromatic heterocycles. The van der Waals surface area contributed by atoms with Crippen molar-refractivity contribution in [2.45, 2.75) is 36.0 Å². The molecule has 0 radical (unpaired) electrons. The molecule has 1 aliphatic carbocycles. The fraction of sp³-hybridized carbons (Fsp3) is 0.0784. The molecule has 0 atom stereocenters. The van der Waals surface area contributed by atoms with E-state index in [1.807, 2.05) is 42.1 Å². The summed E-state index contributed by atoms with van der Waals surface area (Å²) >= 11 is 1.86. The van der Waals surface area contributed by atoms with E-state index < -0.39 is 0 Å². The Bertz CT molecular complexity index is 2730. The van der Waals surface area contributed by atoms with Crippen LogP contribution in [0.5, 0.6) is 0 Å². The minimum Gasteiger partial charge on any atom is -0.273 e. The molecule has 4 heteroatoms. The number of nitrogens with zero attached hydrogens (tertiary/aromatic N) is 3. The fourth-order valence-electron chi connectivity index (χ4n) is 7.93. The number of benzene rings is 6. The van der Waals surface area contributed by atoms with Crippen LogP contribution in [-0.2, 0) is 5.41 Å². The molecular weight excluding hydrogens is 687 g/mol. The van der Waals surface area contributed by atoms with Gasteiger partial charge in [-0.15, -0.1) is 0 Å². The molecule has 6 aromatic carbocycles. The van der Waals surface area contributed by atoms with E-state index >= 15 is 0 Å². The Hall–Kier alpha value is -6.36. The average molecular weight is 726 g/mol. The lowest BCUT2D eigenvalue weighted by atomic mass is 9.82. The number of allylic oxidation sites excluding steroid dienone is 3. The van der Waals surface area contributed by atoms with Gasteiger partial charge in [-0.05, 0) is 111 Å². The van der Waals surface area contributed by atoms with Gasteiger partial charge in [0.15, 0.2) is 5.82 Å². The highest BCUT2D eigenvalue weighted by molar-refractivity contribution is 7.99. The maximum absolute atomic E-state index is 5.21. The van der Waals surface area contributed by atoms with Crippen molar-refractivity contribution in [3.63, 3.8) is 0 Å². The minimum absolute atomic E-state index is 0.127. The summed E-state index contributed by atoms with van der Waals surface area (Å²) in [4.78, 5) is 16.6. The van der Waals surface area contributed by atoms with Gasteiger partial charge < -0.3 is 0 Å². The number of aliphatic imine (C=N–C) groups is 1. The molecule has 0 unspecified atom stereocenters. The highest BCUT2D eigenvalue weighted by Gasteiger charge is 2.36. The van der Waals surface area contributed by atoms with Crippen LogP contribution in [0.3, 0.4) is 0 Å². The van der Waals surface area contributed by atoms with Crippen LogP contribution in [0.1, 0.15) is 48.7 Å². The van der Waals surface area contributed by atoms with Crippen LogP contribution >= 0.6 is 11.8 Å². The first-order chi connectivity index (χ1) is 26.9. The highest BCUT2D eigenvalue weighted by Crippen LogP contribution is 2.53. The van der Waals surface area contributed by atoms with Gasteiger partial charge in [-0.25, -0.2) is 9.97 Å². The first-order valence-electron chi connectivity index (χ1n) is 18.6. The highest BCUT2D eigenvalue weighted by atomic mass is 32.2. The Morgan fingerprint density at radius 1 is 0.600 bits per heavy atom. The molecule has 264 valence electrons. The third-order valence-corrected chi connectivity index (χ3v) is 12.0. The smallest absolute Gasteiger partial charge is 0.160 e. The van der Waals surface area contributed by atoms with Crippen LogP contribution in [0.25, 0.3) is 73.8 Å². The van der Waals surface area contributed by atoms with E-state index in [2.05, 4.69) is 166 Å². The number of hydrogen-bond donors (Lipinski definition) is 0. The van der Waals surface area contributed by atoms with Crippen molar-refractivity contribution in [2.24, 2.45) is 4.99 Å². The van der Waals surface area contributed by atoms with Gasteiger partial charge >= 0.3 is 0 Å². The van der Waals surface area contributed by atoms with Crippen molar-refractivity contribution in [2.75, 3.05) is 0 Å². The van der Waals surface area contributed by atoms with Gasteiger partial charge in [0.25, 0.3) is 0 Å². The Kier molecular flexibility index (Phi) is 8.84. The molecule has 7 aromatic rings. The molecule has 2 aliphatic rings. The Morgan fingerprint density at radius 3 is 2.13 bits per heavy atom. The summed E-state index contributed by atoms with van der Waals surface area (Å²) in [5, 5.41) is 0. The molecule has 0 fully saturated rings. The zero-order valence-corrected chi connectivity index (χ0v) is 31.9. The predicted molar refractivity (Wildman–Crippen MR) is 233 cm³/mol. The normalized spacial score (nSPS) is 13.8.